The molecule has 0 aromatic heterocycles. The Morgan fingerprint density at radius 3 is 2.43 bits per heavy atom. The molecule has 0 saturated heterocycles. The number of hydrogen-bond acceptors (Lipinski definition) is 2. The smallest absolute Gasteiger partial charge is 0.414 e. The molecule has 0 atom stereocenters. The molecule has 0 aliphatic rings. The average molecular weight is 324 g/mol. The fourth-order valence-corrected chi connectivity index (χ4v) is 2.21. The third-order valence-corrected chi connectivity index (χ3v) is 3.62. The van der Waals surface area contributed by atoms with Gasteiger partial charge in [-0.3, -0.25) is 4.90 Å². The highest BCUT2D eigenvalue weighted by molar-refractivity contribution is 6.42. The summed E-state index contributed by atoms with van der Waals surface area (Å²) in [5.41, 5.74) is 1.64. The summed E-state index contributed by atoms with van der Waals surface area (Å²) < 4.78 is 5.11. The van der Waals surface area contributed by atoms with Crippen molar-refractivity contribution in [3.8, 4) is 0 Å². The number of hydrogen-bond donors (Lipinski definition) is 0. The quantitative estimate of drug-likeness (QED) is 0.778. The lowest BCUT2D eigenvalue weighted by Gasteiger charge is -2.22. The van der Waals surface area contributed by atoms with Gasteiger partial charge in [0, 0.05) is 5.69 Å². The molecule has 0 bridgehead atoms. The molecular weight excluding hydrogens is 309 g/mol. The van der Waals surface area contributed by atoms with Crippen LogP contribution in [0.1, 0.15) is 12.5 Å². The highest BCUT2D eigenvalue weighted by Crippen LogP contribution is 2.25. The van der Waals surface area contributed by atoms with Gasteiger partial charge in [-0.15, -0.1) is 0 Å². The third-order valence-electron chi connectivity index (χ3n) is 2.88. The van der Waals surface area contributed by atoms with E-state index in [-0.39, 0.29) is 0 Å². The van der Waals surface area contributed by atoms with E-state index in [9.17, 15) is 4.79 Å². The number of ether oxygens (including phenoxy) is 1. The fourth-order valence-electron chi connectivity index (χ4n) is 1.89. The van der Waals surface area contributed by atoms with Crippen molar-refractivity contribution < 1.29 is 9.53 Å². The van der Waals surface area contributed by atoms with Gasteiger partial charge in [0.05, 0.1) is 23.2 Å². The van der Waals surface area contributed by atoms with Gasteiger partial charge in [0.15, 0.2) is 0 Å². The van der Waals surface area contributed by atoms with Crippen LogP contribution in [0.3, 0.4) is 0 Å². The Hall–Kier alpha value is -1.71. The van der Waals surface area contributed by atoms with Crippen LogP contribution in [0.2, 0.25) is 10.0 Å². The number of rotatable bonds is 4. The Balaban J connectivity index is 2.27. The van der Waals surface area contributed by atoms with Crippen molar-refractivity contribution in [1.82, 2.24) is 0 Å². The Labute approximate surface area is 134 Å². The lowest BCUT2D eigenvalue weighted by atomic mass is 10.2. The highest BCUT2D eigenvalue weighted by Gasteiger charge is 2.17. The maximum Gasteiger partial charge on any atom is 0.414 e. The van der Waals surface area contributed by atoms with Gasteiger partial charge >= 0.3 is 6.09 Å². The minimum atomic E-state index is -0.394. The van der Waals surface area contributed by atoms with E-state index in [4.69, 9.17) is 27.9 Å². The molecule has 0 unspecified atom stereocenters. The summed E-state index contributed by atoms with van der Waals surface area (Å²) in [7, 11) is 0. The summed E-state index contributed by atoms with van der Waals surface area (Å²) >= 11 is 11.9. The van der Waals surface area contributed by atoms with Gasteiger partial charge in [0.25, 0.3) is 0 Å². The van der Waals surface area contributed by atoms with E-state index in [1.165, 1.54) is 0 Å². The molecule has 0 aliphatic carbocycles. The van der Waals surface area contributed by atoms with E-state index in [1.807, 2.05) is 36.4 Å². The van der Waals surface area contributed by atoms with E-state index < -0.39 is 6.09 Å². The largest absolute Gasteiger partial charge is 0.449 e. The maximum atomic E-state index is 12.1. The first-order valence-electron chi connectivity index (χ1n) is 6.55. The predicted molar refractivity (Wildman–Crippen MR) is 86.1 cm³/mol. The van der Waals surface area contributed by atoms with E-state index >= 15 is 0 Å². The zero-order valence-electron chi connectivity index (χ0n) is 11.6. The van der Waals surface area contributed by atoms with Gasteiger partial charge in [-0.05, 0) is 36.8 Å². The van der Waals surface area contributed by atoms with E-state index in [2.05, 4.69) is 0 Å². The molecule has 0 aliphatic heterocycles. The van der Waals surface area contributed by atoms with Gasteiger partial charge in [0.2, 0.25) is 0 Å². The van der Waals surface area contributed by atoms with Crippen LogP contribution >= 0.6 is 23.2 Å². The SMILES string of the molecule is CCOC(=O)N(Cc1ccc(Cl)c(Cl)c1)c1ccccc1. The second-order valence-corrected chi connectivity index (χ2v) is 5.18. The molecule has 0 radical (unpaired) electrons. The van der Waals surface area contributed by atoms with Crippen molar-refractivity contribution in [3.63, 3.8) is 0 Å². The second kappa shape index (κ2) is 7.34. The Bertz CT molecular complexity index is 617. The topological polar surface area (TPSA) is 29.5 Å². The molecule has 2 aromatic rings. The number of carbonyl (C=O) groups is 1. The summed E-state index contributed by atoms with van der Waals surface area (Å²) in [4.78, 5) is 13.7. The molecule has 110 valence electrons. The first-order chi connectivity index (χ1) is 10.1. The molecule has 2 rings (SSSR count). The maximum absolute atomic E-state index is 12.1. The number of carbonyl (C=O) groups excluding carboxylic acids is 1. The van der Waals surface area contributed by atoms with Crippen LogP contribution in [-0.2, 0) is 11.3 Å². The Morgan fingerprint density at radius 1 is 1.10 bits per heavy atom. The summed E-state index contributed by atoms with van der Waals surface area (Å²) in [6.45, 7) is 2.46. The lowest BCUT2D eigenvalue weighted by molar-refractivity contribution is 0.159. The van der Waals surface area contributed by atoms with Crippen LogP contribution in [-0.4, -0.2) is 12.7 Å². The minimum Gasteiger partial charge on any atom is -0.449 e. The molecule has 0 fully saturated rings. The second-order valence-electron chi connectivity index (χ2n) is 4.37. The molecule has 2 aromatic carbocycles. The zero-order chi connectivity index (χ0) is 15.2. The number of nitrogens with zero attached hydrogens (tertiary/aromatic N) is 1. The van der Waals surface area contributed by atoms with Crippen molar-refractivity contribution in [2.24, 2.45) is 0 Å². The van der Waals surface area contributed by atoms with Crippen molar-refractivity contribution in [1.29, 1.82) is 0 Å². The minimum absolute atomic E-state index is 0.323. The number of para-hydroxylation sites is 1. The van der Waals surface area contributed by atoms with Crippen LogP contribution in [0, 0.1) is 0 Å². The van der Waals surface area contributed by atoms with Crippen molar-refractivity contribution >= 4 is 35.0 Å². The molecular formula is C16H15Cl2NO2. The Morgan fingerprint density at radius 2 is 1.81 bits per heavy atom. The predicted octanol–water partition coefficient (Wildman–Crippen LogP) is 5.16. The summed E-state index contributed by atoms with van der Waals surface area (Å²) in [6.07, 6.45) is -0.394. The van der Waals surface area contributed by atoms with Gasteiger partial charge in [-0.25, -0.2) is 4.79 Å². The van der Waals surface area contributed by atoms with E-state index in [0.29, 0.717) is 23.2 Å². The summed E-state index contributed by atoms with van der Waals surface area (Å²) in [5.74, 6) is 0. The molecule has 0 heterocycles. The normalized spacial score (nSPS) is 10.2. The van der Waals surface area contributed by atoms with Crippen LogP contribution in [0.15, 0.2) is 48.5 Å². The van der Waals surface area contributed by atoms with Crippen molar-refractivity contribution in [3.05, 3.63) is 64.1 Å². The number of amides is 1. The number of benzene rings is 2. The molecule has 0 spiro atoms. The molecule has 1 amide bonds. The molecule has 3 nitrogen and oxygen atoms in total. The van der Waals surface area contributed by atoms with Gasteiger partial charge < -0.3 is 4.74 Å². The Kier molecular flexibility index (Phi) is 5.48. The first kappa shape index (κ1) is 15.7. The van der Waals surface area contributed by atoms with Gasteiger partial charge in [0.1, 0.15) is 0 Å². The summed E-state index contributed by atoms with van der Waals surface area (Å²) in [6, 6.07) is 14.7. The molecule has 5 heteroatoms. The monoisotopic (exact) mass is 323 g/mol. The molecule has 21 heavy (non-hydrogen) atoms. The van der Waals surface area contributed by atoms with Crippen LogP contribution < -0.4 is 4.90 Å². The van der Waals surface area contributed by atoms with Crippen LogP contribution in [0.5, 0.6) is 0 Å². The highest BCUT2D eigenvalue weighted by atomic mass is 35.5. The number of anilines is 1. The van der Waals surface area contributed by atoms with Crippen LogP contribution in [0.25, 0.3) is 0 Å². The zero-order valence-corrected chi connectivity index (χ0v) is 13.1. The van der Waals surface area contributed by atoms with Crippen LogP contribution in [0.4, 0.5) is 10.5 Å². The van der Waals surface area contributed by atoms with Gasteiger partial charge in [-0.2, -0.15) is 0 Å². The summed E-state index contributed by atoms with van der Waals surface area (Å²) in [5, 5.41) is 0.953. The fraction of sp³-hybridized carbons (Fsp3) is 0.188. The van der Waals surface area contributed by atoms with E-state index in [1.54, 1.807) is 24.0 Å². The number of halogens is 2. The first-order valence-corrected chi connectivity index (χ1v) is 7.30. The third kappa shape index (κ3) is 4.13. The molecule has 0 saturated carbocycles. The molecule has 0 N–H and O–H groups in total. The lowest BCUT2D eigenvalue weighted by Crippen LogP contribution is -2.31. The average Bonchev–Trinajstić information content (AvgIpc) is 2.49. The standard InChI is InChI=1S/C16H15Cl2NO2/c1-2-21-16(20)19(13-6-4-3-5-7-13)11-12-8-9-14(17)15(18)10-12/h3-10H,2,11H2,1H3. The van der Waals surface area contributed by atoms with Crippen molar-refractivity contribution in [2.45, 2.75) is 13.5 Å². The van der Waals surface area contributed by atoms with Crippen molar-refractivity contribution in [2.75, 3.05) is 11.5 Å². The van der Waals surface area contributed by atoms with Gasteiger partial charge in [-0.1, -0.05) is 47.5 Å². The van der Waals surface area contributed by atoms with E-state index in [0.717, 1.165) is 11.3 Å².